The fourth-order valence-electron chi connectivity index (χ4n) is 2.42. The second-order valence-corrected chi connectivity index (χ2v) is 12.2. The molecule has 0 unspecified atom stereocenters. The summed E-state index contributed by atoms with van der Waals surface area (Å²) < 4.78 is 6.37. The molecule has 0 N–H and O–H groups in total. The highest BCUT2D eigenvalue weighted by atomic mass is 28.4. The smallest absolute Gasteiger partial charge is 0.191 e. The van der Waals surface area contributed by atoms with Crippen LogP contribution in [0.2, 0.25) is 18.1 Å². The molecule has 0 radical (unpaired) electrons. The summed E-state index contributed by atoms with van der Waals surface area (Å²) in [7, 11) is -1.68. The zero-order chi connectivity index (χ0) is 14.7. The average Bonchev–Trinajstić information content (AvgIpc) is 2.27. The van der Waals surface area contributed by atoms with E-state index in [0.717, 1.165) is 19.3 Å². The van der Waals surface area contributed by atoms with Gasteiger partial charge in [-0.3, -0.25) is 0 Å². The Kier molecular flexibility index (Phi) is 5.57. The molecule has 0 aromatic carbocycles. The van der Waals surface area contributed by atoms with Crippen molar-refractivity contribution in [2.75, 3.05) is 6.61 Å². The van der Waals surface area contributed by atoms with Crippen LogP contribution < -0.4 is 0 Å². The van der Waals surface area contributed by atoms with Gasteiger partial charge in [0.15, 0.2) is 8.32 Å². The van der Waals surface area contributed by atoms with Gasteiger partial charge >= 0.3 is 0 Å². The van der Waals surface area contributed by atoms with E-state index in [-0.39, 0.29) is 5.04 Å². The van der Waals surface area contributed by atoms with Crippen LogP contribution in [0, 0.1) is 17.8 Å². The standard InChI is InChI=1S/C16H30O2Si/c1-13-8-7-9-14(10-11-17)15(13)12-18-19(5,6)16(2,3)4/h7-8,11,13-15H,9-10,12H2,1-6H3/t13-,14-,15-/m1/s1. The lowest BCUT2D eigenvalue weighted by Crippen LogP contribution is -2.43. The Morgan fingerprint density at radius 1 is 1.37 bits per heavy atom. The van der Waals surface area contributed by atoms with E-state index >= 15 is 0 Å². The van der Waals surface area contributed by atoms with Crippen molar-refractivity contribution in [3.8, 4) is 0 Å². The molecular weight excluding hydrogens is 252 g/mol. The van der Waals surface area contributed by atoms with Gasteiger partial charge in [0.2, 0.25) is 0 Å². The van der Waals surface area contributed by atoms with E-state index in [0.29, 0.717) is 24.2 Å². The molecule has 0 saturated carbocycles. The van der Waals surface area contributed by atoms with Crippen LogP contribution in [-0.2, 0) is 9.22 Å². The van der Waals surface area contributed by atoms with E-state index in [4.69, 9.17) is 4.43 Å². The summed E-state index contributed by atoms with van der Waals surface area (Å²) in [5.41, 5.74) is 0. The largest absolute Gasteiger partial charge is 0.417 e. The Bertz CT molecular complexity index is 328. The molecule has 0 aromatic rings. The topological polar surface area (TPSA) is 26.3 Å². The molecule has 110 valence electrons. The van der Waals surface area contributed by atoms with Crippen molar-refractivity contribution in [1.29, 1.82) is 0 Å². The van der Waals surface area contributed by atoms with Crippen molar-refractivity contribution in [2.24, 2.45) is 17.8 Å². The minimum Gasteiger partial charge on any atom is -0.417 e. The van der Waals surface area contributed by atoms with Gasteiger partial charge in [-0.25, -0.2) is 0 Å². The first kappa shape index (κ1) is 16.6. The first-order valence-electron chi connectivity index (χ1n) is 7.43. The van der Waals surface area contributed by atoms with Gasteiger partial charge in [-0.2, -0.15) is 0 Å². The van der Waals surface area contributed by atoms with Crippen molar-refractivity contribution in [3.05, 3.63) is 12.2 Å². The quantitative estimate of drug-likeness (QED) is 0.424. The molecule has 19 heavy (non-hydrogen) atoms. The lowest BCUT2D eigenvalue weighted by Gasteiger charge is -2.40. The molecule has 3 heteroatoms. The Hall–Kier alpha value is -0.413. The maximum Gasteiger partial charge on any atom is 0.191 e. The molecule has 1 rings (SSSR count). The first-order chi connectivity index (χ1) is 8.69. The zero-order valence-electron chi connectivity index (χ0n) is 13.4. The van der Waals surface area contributed by atoms with Crippen molar-refractivity contribution >= 4 is 14.6 Å². The van der Waals surface area contributed by atoms with Gasteiger partial charge in [0.05, 0.1) is 0 Å². The fraction of sp³-hybridized carbons (Fsp3) is 0.812. The summed E-state index contributed by atoms with van der Waals surface area (Å²) in [5, 5.41) is 0.251. The molecule has 0 aliphatic heterocycles. The van der Waals surface area contributed by atoms with E-state index in [1.54, 1.807) is 0 Å². The Morgan fingerprint density at radius 3 is 2.53 bits per heavy atom. The van der Waals surface area contributed by atoms with E-state index in [9.17, 15) is 4.79 Å². The molecule has 3 atom stereocenters. The molecule has 0 amide bonds. The van der Waals surface area contributed by atoms with Gasteiger partial charge in [0, 0.05) is 13.0 Å². The summed E-state index contributed by atoms with van der Waals surface area (Å²) in [6, 6.07) is 0. The van der Waals surface area contributed by atoms with Gasteiger partial charge in [-0.15, -0.1) is 0 Å². The molecule has 0 spiro atoms. The summed E-state index contributed by atoms with van der Waals surface area (Å²) in [4.78, 5) is 10.8. The third-order valence-electron chi connectivity index (χ3n) is 5.00. The van der Waals surface area contributed by atoms with E-state index in [2.05, 4.69) is 52.9 Å². The molecule has 1 aliphatic rings. The van der Waals surface area contributed by atoms with Crippen LogP contribution in [0.25, 0.3) is 0 Å². The van der Waals surface area contributed by atoms with Crippen LogP contribution in [0.1, 0.15) is 40.5 Å². The number of aldehydes is 1. The average molecular weight is 282 g/mol. The minimum atomic E-state index is -1.68. The fourth-order valence-corrected chi connectivity index (χ4v) is 3.46. The zero-order valence-corrected chi connectivity index (χ0v) is 14.4. The maximum atomic E-state index is 10.8. The van der Waals surface area contributed by atoms with E-state index in [1.165, 1.54) is 0 Å². The Morgan fingerprint density at radius 2 is 2.00 bits per heavy atom. The number of carbonyl (C=O) groups is 1. The SMILES string of the molecule is C[C@@H]1C=CC[C@H](CC=O)[C@@H]1CO[Si](C)(C)C(C)(C)C. The molecule has 0 bridgehead atoms. The third-order valence-corrected chi connectivity index (χ3v) is 9.50. The Balaban J connectivity index is 2.68. The molecule has 2 nitrogen and oxygen atoms in total. The van der Waals surface area contributed by atoms with Crippen LogP contribution in [0.5, 0.6) is 0 Å². The van der Waals surface area contributed by atoms with Gasteiger partial charge in [0.1, 0.15) is 6.29 Å². The summed E-state index contributed by atoms with van der Waals surface area (Å²) >= 11 is 0. The van der Waals surface area contributed by atoms with E-state index < -0.39 is 8.32 Å². The monoisotopic (exact) mass is 282 g/mol. The minimum absolute atomic E-state index is 0.251. The normalized spacial score (nSPS) is 28.4. The highest BCUT2D eigenvalue weighted by Crippen LogP contribution is 2.39. The van der Waals surface area contributed by atoms with Crippen LogP contribution in [0.4, 0.5) is 0 Å². The third kappa shape index (κ3) is 4.28. The van der Waals surface area contributed by atoms with Gasteiger partial charge in [0.25, 0.3) is 0 Å². The van der Waals surface area contributed by atoms with Gasteiger partial charge in [-0.1, -0.05) is 39.8 Å². The van der Waals surface area contributed by atoms with Crippen LogP contribution in [0.3, 0.4) is 0 Å². The van der Waals surface area contributed by atoms with Crippen LogP contribution in [-0.4, -0.2) is 21.2 Å². The molecule has 0 saturated heterocycles. The van der Waals surface area contributed by atoms with E-state index in [1.807, 2.05) is 0 Å². The molecule has 0 aromatic heterocycles. The van der Waals surface area contributed by atoms with Crippen LogP contribution in [0.15, 0.2) is 12.2 Å². The number of carbonyl (C=O) groups excluding carboxylic acids is 1. The molecule has 0 fully saturated rings. The highest BCUT2D eigenvalue weighted by molar-refractivity contribution is 6.74. The molecule has 1 aliphatic carbocycles. The van der Waals surface area contributed by atoms with Crippen molar-refractivity contribution in [2.45, 2.75) is 58.7 Å². The van der Waals surface area contributed by atoms with Crippen LogP contribution >= 0.6 is 0 Å². The number of allylic oxidation sites excluding steroid dienone is 2. The Labute approximate surface area is 119 Å². The number of rotatable bonds is 5. The predicted molar refractivity (Wildman–Crippen MR) is 83.7 cm³/mol. The maximum absolute atomic E-state index is 10.8. The number of hydrogen-bond acceptors (Lipinski definition) is 2. The second kappa shape index (κ2) is 6.36. The van der Waals surface area contributed by atoms with Crippen molar-refractivity contribution in [1.82, 2.24) is 0 Å². The lowest BCUT2D eigenvalue weighted by molar-refractivity contribution is -0.109. The first-order valence-corrected chi connectivity index (χ1v) is 10.3. The lowest BCUT2D eigenvalue weighted by atomic mass is 9.76. The summed E-state index contributed by atoms with van der Waals surface area (Å²) in [5.74, 6) is 1.47. The predicted octanol–water partition coefficient (Wildman–Crippen LogP) is 4.43. The van der Waals surface area contributed by atoms with Gasteiger partial charge < -0.3 is 9.22 Å². The summed E-state index contributed by atoms with van der Waals surface area (Å²) in [6.45, 7) is 14.5. The summed E-state index contributed by atoms with van der Waals surface area (Å²) in [6.07, 6.45) is 7.26. The second-order valence-electron chi connectivity index (χ2n) is 7.42. The highest BCUT2D eigenvalue weighted by Gasteiger charge is 2.39. The number of hydrogen-bond donors (Lipinski definition) is 0. The van der Waals surface area contributed by atoms with Crippen molar-refractivity contribution in [3.63, 3.8) is 0 Å². The molecule has 0 heterocycles. The van der Waals surface area contributed by atoms with Crippen molar-refractivity contribution < 1.29 is 9.22 Å². The van der Waals surface area contributed by atoms with Gasteiger partial charge in [-0.05, 0) is 42.3 Å². The molecular formula is C16H30O2Si.